The molecule has 6 nitrogen and oxygen atoms in total. The van der Waals surface area contributed by atoms with E-state index in [2.05, 4.69) is 24.1 Å². The highest BCUT2D eigenvalue weighted by Gasteiger charge is 2.25. The third kappa shape index (κ3) is 8.48. The molecule has 0 radical (unpaired) electrons. The fraction of sp³-hybridized carbons (Fsp3) is 0.682. The van der Waals surface area contributed by atoms with Crippen molar-refractivity contribution >= 4 is 11.8 Å². The quantitative estimate of drug-likeness (QED) is 0.476. The second-order valence-electron chi connectivity index (χ2n) is 7.24. The molecule has 1 unspecified atom stereocenters. The first kappa shape index (κ1) is 22.5. The summed E-state index contributed by atoms with van der Waals surface area (Å²) in [5.41, 5.74) is 0.672. The summed E-state index contributed by atoms with van der Waals surface area (Å²) < 4.78 is 17.1. The second-order valence-corrected chi connectivity index (χ2v) is 7.24. The van der Waals surface area contributed by atoms with E-state index in [1.165, 1.54) is 19.3 Å². The fourth-order valence-electron chi connectivity index (χ4n) is 3.23. The first-order valence-corrected chi connectivity index (χ1v) is 10.7. The predicted molar refractivity (Wildman–Crippen MR) is 112 cm³/mol. The number of hydrogen-bond donors (Lipinski definition) is 1. The summed E-state index contributed by atoms with van der Waals surface area (Å²) in [5, 5.41) is 2.81. The molecule has 0 aliphatic carbocycles. The lowest BCUT2D eigenvalue weighted by molar-refractivity contribution is -0.0529. The van der Waals surface area contributed by atoms with Gasteiger partial charge < -0.3 is 14.2 Å². The number of likely N-dealkylation sites (tertiary alicyclic amines) is 1. The van der Waals surface area contributed by atoms with Gasteiger partial charge in [0.15, 0.2) is 6.23 Å². The Morgan fingerprint density at radius 1 is 1.11 bits per heavy atom. The summed E-state index contributed by atoms with van der Waals surface area (Å²) in [6, 6.07) is 7.45. The molecule has 1 fully saturated rings. The number of rotatable bonds is 13. The second kappa shape index (κ2) is 13.4. The van der Waals surface area contributed by atoms with Crippen molar-refractivity contribution < 1.29 is 19.0 Å². The topological polar surface area (TPSA) is 60.0 Å². The maximum atomic E-state index is 12.4. The van der Waals surface area contributed by atoms with Crippen molar-refractivity contribution in [1.29, 1.82) is 0 Å². The van der Waals surface area contributed by atoms with Gasteiger partial charge in [-0.15, -0.1) is 0 Å². The Morgan fingerprint density at radius 2 is 1.93 bits per heavy atom. The number of nitrogens with one attached hydrogen (secondary N) is 1. The molecule has 1 heterocycles. The molecule has 1 N–H and O–H groups in total. The summed E-state index contributed by atoms with van der Waals surface area (Å²) in [7, 11) is 0. The average Bonchev–Trinajstić information content (AvgIpc) is 3.22. The van der Waals surface area contributed by atoms with Crippen LogP contribution in [0.5, 0.6) is 5.75 Å². The normalized spacial score (nSPS) is 15.4. The van der Waals surface area contributed by atoms with Crippen LogP contribution in [0.1, 0.15) is 58.8 Å². The molecule has 0 spiro atoms. The van der Waals surface area contributed by atoms with Gasteiger partial charge in [-0.3, -0.25) is 10.2 Å². The van der Waals surface area contributed by atoms with E-state index in [1.54, 1.807) is 0 Å². The molecule has 1 aliphatic rings. The smallest absolute Gasteiger partial charge is 0.413 e. The van der Waals surface area contributed by atoms with Crippen molar-refractivity contribution in [2.45, 2.75) is 65.0 Å². The van der Waals surface area contributed by atoms with Crippen LogP contribution in [0.25, 0.3) is 0 Å². The van der Waals surface area contributed by atoms with Gasteiger partial charge in [0.1, 0.15) is 5.75 Å². The molecule has 1 saturated heterocycles. The van der Waals surface area contributed by atoms with Crippen molar-refractivity contribution in [1.82, 2.24) is 4.90 Å². The van der Waals surface area contributed by atoms with E-state index < -0.39 is 6.09 Å². The number of amides is 1. The first-order chi connectivity index (χ1) is 13.7. The number of ether oxygens (including phenoxy) is 3. The minimum Gasteiger partial charge on any atom is -0.494 e. The van der Waals surface area contributed by atoms with Gasteiger partial charge in [0, 0.05) is 31.5 Å². The summed E-state index contributed by atoms with van der Waals surface area (Å²) in [6.07, 6.45) is 7.08. The summed E-state index contributed by atoms with van der Waals surface area (Å²) in [4.78, 5) is 14.6. The van der Waals surface area contributed by atoms with Gasteiger partial charge in [-0.05, 0) is 37.8 Å². The van der Waals surface area contributed by atoms with Gasteiger partial charge in [0.05, 0.1) is 13.2 Å². The van der Waals surface area contributed by atoms with E-state index in [4.69, 9.17) is 14.2 Å². The minimum atomic E-state index is -0.461. The molecule has 158 valence electrons. The first-order valence-electron chi connectivity index (χ1n) is 10.7. The number of benzene rings is 1. The van der Waals surface area contributed by atoms with Crippen molar-refractivity contribution in [2.24, 2.45) is 0 Å². The Morgan fingerprint density at radius 3 is 2.68 bits per heavy atom. The molecule has 1 aromatic rings. The van der Waals surface area contributed by atoms with Gasteiger partial charge in [-0.25, -0.2) is 4.79 Å². The fourth-order valence-corrected chi connectivity index (χ4v) is 3.23. The standard InChI is InChI=1S/C22H36N2O4/c1-3-5-6-9-16-27-20-12-10-11-19(17-20)23-22(25)28-21(18-26-15-4-2)24-13-7-8-14-24/h10-12,17,21H,3-9,13-16,18H2,1-2H3,(H,23,25). The van der Waals surface area contributed by atoms with Crippen LogP contribution in [0.2, 0.25) is 0 Å². The van der Waals surface area contributed by atoms with Crippen molar-refractivity contribution in [3.05, 3.63) is 24.3 Å². The Balaban J connectivity index is 1.81. The molecule has 1 aliphatic heterocycles. The lowest BCUT2D eigenvalue weighted by Crippen LogP contribution is -2.41. The lowest BCUT2D eigenvalue weighted by atomic mass is 10.2. The van der Waals surface area contributed by atoms with Crippen LogP contribution in [0, 0.1) is 0 Å². The zero-order valence-corrected chi connectivity index (χ0v) is 17.5. The van der Waals surface area contributed by atoms with Gasteiger partial charge in [-0.1, -0.05) is 39.2 Å². The Labute approximate surface area is 169 Å². The van der Waals surface area contributed by atoms with Gasteiger partial charge in [0.25, 0.3) is 0 Å². The highest BCUT2D eigenvalue weighted by atomic mass is 16.6. The maximum Gasteiger partial charge on any atom is 0.413 e. The Kier molecular flexibility index (Phi) is 10.8. The third-order valence-corrected chi connectivity index (χ3v) is 4.75. The molecular weight excluding hydrogens is 356 g/mol. The molecule has 6 heteroatoms. The van der Waals surface area contributed by atoms with Crippen LogP contribution < -0.4 is 10.1 Å². The van der Waals surface area contributed by atoms with Crippen LogP contribution in [0.3, 0.4) is 0 Å². The van der Waals surface area contributed by atoms with Gasteiger partial charge in [-0.2, -0.15) is 0 Å². The minimum absolute atomic E-state index is 0.341. The molecule has 0 aromatic heterocycles. The molecule has 0 bridgehead atoms. The maximum absolute atomic E-state index is 12.4. The van der Waals surface area contributed by atoms with E-state index >= 15 is 0 Å². The van der Waals surface area contributed by atoms with Crippen molar-refractivity contribution in [3.8, 4) is 5.75 Å². The molecular formula is C22H36N2O4. The largest absolute Gasteiger partial charge is 0.494 e. The molecule has 28 heavy (non-hydrogen) atoms. The summed E-state index contributed by atoms with van der Waals surface area (Å²) >= 11 is 0. The molecule has 1 aromatic carbocycles. The van der Waals surface area contributed by atoms with E-state index in [9.17, 15) is 4.79 Å². The van der Waals surface area contributed by atoms with E-state index in [-0.39, 0.29) is 6.23 Å². The van der Waals surface area contributed by atoms with Crippen LogP contribution in [-0.2, 0) is 9.47 Å². The monoisotopic (exact) mass is 392 g/mol. The summed E-state index contributed by atoms with van der Waals surface area (Å²) in [5.74, 6) is 0.761. The van der Waals surface area contributed by atoms with Gasteiger partial charge in [0.2, 0.25) is 0 Å². The number of carbonyl (C=O) groups excluding carboxylic acids is 1. The molecule has 2 rings (SSSR count). The molecule has 1 amide bonds. The Hall–Kier alpha value is -1.79. The predicted octanol–water partition coefficient (Wildman–Crippen LogP) is 5.04. The van der Waals surface area contributed by atoms with E-state index in [0.717, 1.165) is 44.5 Å². The number of anilines is 1. The number of carbonyl (C=O) groups is 1. The van der Waals surface area contributed by atoms with Crippen LogP contribution in [0.15, 0.2) is 24.3 Å². The van der Waals surface area contributed by atoms with Crippen LogP contribution in [-0.4, -0.2) is 50.1 Å². The number of unbranched alkanes of at least 4 members (excludes halogenated alkanes) is 3. The number of hydrogen-bond acceptors (Lipinski definition) is 5. The highest BCUT2D eigenvalue weighted by Crippen LogP contribution is 2.19. The highest BCUT2D eigenvalue weighted by molar-refractivity contribution is 5.84. The van der Waals surface area contributed by atoms with Crippen LogP contribution >= 0.6 is 0 Å². The van der Waals surface area contributed by atoms with E-state index in [1.807, 2.05) is 24.3 Å². The third-order valence-electron chi connectivity index (χ3n) is 4.75. The van der Waals surface area contributed by atoms with Crippen molar-refractivity contribution in [2.75, 3.05) is 38.2 Å². The zero-order valence-electron chi connectivity index (χ0n) is 17.5. The SMILES string of the molecule is CCCCCCOc1cccc(NC(=O)OC(COCCC)N2CCCC2)c1. The van der Waals surface area contributed by atoms with Crippen molar-refractivity contribution in [3.63, 3.8) is 0 Å². The molecule has 1 atom stereocenters. The lowest BCUT2D eigenvalue weighted by Gasteiger charge is -2.27. The number of nitrogens with zero attached hydrogens (tertiary/aromatic N) is 1. The summed E-state index contributed by atoms with van der Waals surface area (Å²) in [6.45, 7) is 7.91. The average molecular weight is 393 g/mol. The van der Waals surface area contributed by atoms with E-state index in [0.29, 0.717) is 25.5 Å². The molecule has 0 saturated carbocycles. The Bertz CT molecular complexity index is 561. The zero-order chi connectivity index (χ0) is 20.0. The van der Waals surface area contributed by atoms with Gasteiger partial charge >= 0.3 is 6.09 Å². The van der Waals surface area contributed by atoms with Crippen LogP contribution in [0.4, 0.5) is 10.5 Å².